The molecule has 0 saturated carbocycles. The molecule has 0 bridgehead atoms. The summed E-state index contributed by atoms with van der Waals surface area (Å²) in [4.78, 5) is 22.5. The maximum absolute atomic E-state index is 12.3. The Hall–Kier alpha value is -2.26. The number of hydrogen-bond donors (Lipinski definition) is 3. The van der Waals surface area contributed by atoms with Gasteiger partial charge in [0.1, 0.15) is 11.6 Å². The molecule has 8 nitrogen and oxygen atoms in total. The summed E-state index contributed by atoms with van der Waals surface area (Å²) in [5.41, 5.74) is -1.09. The molecule has 23 heavy (non-hydrogen) atoms. The lowest BCUT2D eigenvalue weighted by Gasteiger charge is -2.43. The highest BCUT2D eigenvalue weighted by molar-refractivity contribution is 7.80. The fourth-order valence-electron chi connectivity index (χ4n) is 2.57. The zero-order chi connectivity index (χ0) is 17.2. The fourth-order valence-corrected chi connectivity index (χ4v) is 2.90. The van der Waals surface area contributed by atoms with Gasteiger partial charge in [0.15, 0.2) is 5.11 Å². The second kappa shape index (κ2) is 6.47. The molecular formula is C14H17N3O5S. The molecule has 1 fully saturated rings. The van der Waals surface area contributed by atoms with E-state index in [1.165, 1.54) is 31.2 Å². The van der Waals surface area contributed by atoms with E-state index in [0.29, 0.717) is 5.56 Å². The summed E-state index contributed by atoms with van der Waals surface area (Å²) in [6, 6.07) is 5.04. The van der Waals surface area contributed by atoms with Crippen molar-refractivity contribution in [2.24, 2.45) is 5.92 Å². The lowest BCUT2D eigenvalue weighted by molar-refractivity contribution is -0.384. The topological polar surface area (TPSA) is 114 Å². The van der Waals surface area contributed by atoms with E-state index in [4.69, 9.17) is 17.0 Å². The summed E-state index contributed by atoms with van der Waals surface area (Å²) >= 11 is 5.06. The number of nitro groups is 1. The number of rotatable bonds is 4. The van der Waals surface area contributed by atoms with Gasteiger partial charge in [-0.15, -0.1) is 0 Å². The third-order valence-corrected chi connectivity index (χ3v) is 3.82. The van der Waals surface area contributed by atoms with Gasteiger partial charge in [-0.1, -0.05) is 12.1 Å². The molecule has 1 saturated heterocycles. The van der Waals surface area contributed by atoms with Crippen LogP contribution in [0.1, 0.15) is 25.5 Å². The number of aliphatic hydroxyl groups is 1. The van der Waals surface area contributed by atoms with Crippen LogP contribution in [0, 0.1) is 16.0 Å². The number of hydrogen-bond acceptors (Lipinski definition) is 6. The molecule has 0 spiro atoms. The molecule has 1 aliphatic rings. The van der Waals surface area contributed by atoms with Gasteiger partial charge in [-0.25, -0.2) is 0 Å². The van der Waals surface area contributed by atoms with Crippen molar-refractivity contribution >= 4 is 29.0 Å². The molecular weight excluding hydrogens is 322 g/mol. The third kappa shape index (κ3) is 3.57. The van der Waals surface area contributed by atoms with Crippen LogP contribution in [0.3, 0.4) is 0 Å². The van der Waals surface area contributed by atoms with Crippen LogP contribution in [0.15, 0.2) is 24.3 Å². The molecule has 0 aliphatic carbocycles. The Labute approximate surface area is 138 Å². The van der Waals surface area contributed by atoms with E-state index in [0.717, 1.165) is 0 Å². The van der Waals surface area contributed by atoms with Crippen molar-refractivity contribution in [3.8, 4) is 0 Å². The predicted octanol–water partition coefficient (Wildman–Crippen LogP) is 1.00. The highest BCUT2D eigenvalue weighted by atomic mass is 32.1. The van der Waals surface area contributed by atoms with Crippen LogP contribution in [0.4, 0.5) is 5.69 Å². The van der Waals surface area contributed by atoms with Crippen molar-refractivity contribution in [1.82, 2.24) is 10.6 Å². The molecule has 0 unspecified atom stereocenters. The van der Waals surface area contributed by atoms with Crippen molar-refractivity contribution in [2.45, 2.75) is 25.6 Å². The van der Waals surface area contributed by atoms with Gasteiger partial charge in [0.05, 0.1) is 17.6 Å². The van der Waals surface area contributed by atoms with Gasteiger partial charge in [-0.05, 0) is 31.6 Å². The molecule has 0 aromatic heterocycles. The van der Waals surface area contributed by atoms with Gasteiger partial charge in [0.2, 0.25) is 0 Å². The van der Waals surface area contributed by atoms with Crippen LogP contribution in [-0.2, 0) is 9.53 Å². The molecule has 1 aromatic rings. The Morgan fingerprint density at radius 2 is 2.09 bits per heavy atom. The average molecular weight is 339 g/mol. The van der Waals surface area contributed by atoms with E-state index in [1.54, 1.807) is 6.92 Å². The molecule has 1 heterocycles. The Balaban J connectivity index is 2.40. The summed E-state index contributed by atoms with van der Waals surface area (Å²) in [5, 5.41) is 27.0. The quantitative estimate of drug-likeness (QED) is 0.322. The van der Waals surface area contributed by atoms with E-state index >= 15 is 0 Å². The monoisotopic (exact) mass is 339 g/mol. The number of esters is 1. The van der Waals surface area contributed by atoms with Crippen LogP contribution in [0.25, 0.3) is 0 Å². The van der Waals surface area contributed by atoms with Gasteiger partial charge in [0, 0.05) is 12.1 Å². The normalized spacial score (nSPS) is 26.8. The summed E-state index contributed by atoms with van der Waals surface area (Å²) in [7, 11) is 0. The van der Waals surface area contributed by atoms with Crippen molar-refractivity contribution in [2.75, 3.05) is 6.61 Å². The first-order valence-electron chi connectivity index (χ1n) is 6.98. The largest absolute Gasteiger partial charge is 0.466 e. The van der Waals surface area contributed by atoms with Crippen LogP contribution >= 0.6 is 12.2 Å². The predicted molar refractivity (Wildman–Crippen MR) is 85.5 cm³/mol. The lowest BCUT2D eigenvalue weighted by atomic mass is 9.83. The van der Waals surface area contributed by atoms with Crippen molar-refractivity contribution in [1.29, 1.82) is 0 Å². The van der Waals surface area contributed by atoms with Gasteiger partial charge < -0.3 is 20.5 Å². The molecule has 9 heteroatoms. The molecule has 3 N–H and O–H groups in total. The number of carbonyl (C=O) groups is 1. The maximum atomic E-state index is 12.3. The SMILES string of the molecule is CCOC(=O)[C@H]1[C@@H](c2ccc([N+](=O)[O-])cc2)NC(=S)N[C@@]1(C)O. The van der Waals surface area contributed by atoms with E-state index in [1.807, 2.05) is 0 Å². The molecule has 0 radical (unpaired) electrons. The summed E-state index contributed by atoms with van der Waals surface area (Å²) in [6.07, 6.45) is 0. The minimum Gasteiger partial charge on any atom is -0.466 e. The standard InChI is InChI=1S/C14H17N3O5S/c1-3-22-12(18)10-11(15-13(23)16-14(10,2)19)8-4-6-9(7-5-8)17(20)21/h4-7,10-11,19H,3H2,1-2H3,(H2,15,16,23)/t10-,11-,14+/m1/s1. The molecule has 0 amide bonds. The number of ether oxygens (including phenoxy) is 1. The zero-order valence-electron chi connectivity index (χ0n) is 12.6. The highest BCUT2D eigenvalue weighted by Crippen LogP contribution is 2.34. The Morgan fingerprint density at radius 3 is 2.61 bits per heavy atom. The van der Waals surface area contributed by atoms with Gasteiger partial charge in [-0.2, -0.15) is 0 Å². The Bertz CT molecular complexity index is 632. The first-order valence-corrected chi connectivity index (χ1v) is 7.39. The average Bonchev–Trinajstić information content (AvgIpc) is 2.45. The first-order chi connectivity index (χ1) is 10.8. The fraction of sp³-hybridized carbons (Fsp3) is 0.429. The number of nitrogens with one attached hydrogen (secondary N) is 2. The number of benzene rings is 1. The maximum Gasteiger partial charge on any atom is 0.316 e. The third-order valence-electron chi connectivity index (χ3n) is 3.60. The molecule has 3 atom stereocenters. The van der Waals surface area contributed by atoms with Crippen LogP contribution in [0.2, 0.25) is 0 Å². The molecule has 124 valence electrons. The number of nitrogens with zero attached hydrogens (tertiary/aromatic N) is 1. The molecule has 1 aliphatic heterocycles. The van der Waals surface area contributed by atoms with E-state index in [2.05, 4.69) is 10.6 Å². The van der Waals surface area contributed by atoms with Crippen LogP contribution in [0.5, 0.6) is 0 Å². The van der Waals surface area contributed by atoms with Gasteiger partial charge in [0.25, 0.3) is 5.69 Å². The minimum absolute atomic E-state index is 0.0651. The van der Waals surface area contributed by atoms with Crippen LogP contribution in [-0.4, -0.2) is 33.4 Å². The number of nitro benzene ring substituents is 1. The van der Waals surface area contributed by atoms with Crippen molar-refractivity contribution in [3.05, 3.63) is 39.9 Å². The number of carbonyl (C=O) groups excluding carboxylic acids is 1. The summed E-state index contributed by atoms with van der Waals surface area (Å²) < 4.78 is 5.04. The summed E-state index contributed by atoms with van der Waals surface area (Å²) in [6.45, 7) is 3.27. The first kappa shape index (κ1) is 17.1. The number of thiocarbonyl (C=S) groups is 1. The second-order valence-corrected chi connectivity index (χ2v) is 5.71. The van der Waals surface area contributed by atoms with E-state index < -0.39 is 28.6 Å². The summed E-state index contributed by atoms with van der Waals surface area (Å²) in [5.74, 6) is -1.57. The van der Waals surface area contributed by atoms with Gasteiger partial charge >= 0.3 is 5.97 Å². The zero-order valence-corrected chi connectivity index (χ0v) is 13.4. The van der Waals surface area contributed by atoms with Crippen molar-refractivity contribution < 1.29 is 19.6 Å². The van der Waals surface area contributed by atoms with E-state index in [-0.39, 0.29) is 17.4 Å². The van der Waals surface area contributed by atoms with Crippen molar-refractivity contribution in [3.63, 3.8) is 0 Å². The highest BCUT2D eigenvalue weighted by Gasteiger charge is 2.48. The van der Waals surface area contributed by atoms with Crippen LogP contribution < -0.4 is 10.6 Å². The van der Waals surface area contributed by atoms with Gasteiger partial charge in [-0.3, -0.25) is 14.9 Å². The smallest absolute Gasteiger partial charge is 0.316 e. The molecule has 2 rings (SSSR count). The Morgan fingerprint density at radius 1 is 1.48 bits per heavy atom. The van der Waals surface area contributed by atoms with E-state index in [9.17, 15) is 20.0 Å². The minimum atomic E-state index is -1.61. The second-order valence-electron chi connectivity index (χ2n) is 5.30. The Kier molecular flexibility index (Phi) is 4.81. The number of non-ortho nitro benzene ring substituents is 1. The lowest BCUT2D eigenvalue weighted by Crippen LogP contribution is -2.65. The molecule has 1 aromatic carbocycles.